The van der Waals surface area contributed by atoms with Crippen molar-refractivity contribution in [1.29, 1.82) is 0 Å². The van der Waals surface area contributed by atoms with E-state index in [1.165, 1.54) is 0 Å². The fourth-order valence-corrected chi connectivity index (χ4v) is 1.72. The third kappa shape index (κ3) is 11.7. The molecule has 1 atom stereocenters. The Labute approximate surface area is 144 Å². The number of ether oxygens (including phenoxy) is 2. The van der Waals surface area contributed by atoms with Gasteiger partial charge in [0.2, 0.25) is 5.91 Å². The Kier molecular flexibility index (Phi) is 8.78. The van der Waals surface area contributed by atoms with Crippen LogP contribution in [0.15, 0.2) is 0 Å². The van der Waals surface area contributed by atoms with Crippen LogP contribution in [0, 0.1) is 0 Å². The van der Waals surface area contributed by atoms with E-state index < -0.39 is 29.2 Å². The zero-order valence-electron chi connectivity index (χ0n) is 15.9. The summed E-state index contributed by atoms with van der Waals surface area (Å²) < 4.78 is 10.3. The second-order valence-corrected chi connectivity index (χ2v) is 7.72. The molecule has 0 bridgehead atoms. The summed E-state index contributed by atoms with van der Waals surface area (Å²) in [5.74, 6) is -0.991. The summed E-state index contributed by atoms with van der Waals surface area (Å²) in [6, 6.07) is -1.08. The van der Waals surface area contributed by atoms with Crippen molar-refractivity contribution in [3.63, 3.8) is 0 Å². The van der Waals surface area contributed by atoms with E-state index in [0.717, 1.165) is 12.8 Å². The van der Waals surface area contributed by atoms with Crippen molar-refractivity contribution in [3.8, 4) is 0 Å². The summed E-state index contributed by atoms with van der Waals surface area (Å²) in [4.78, 5) is 36.1. The fraction of sp³-hybridized carbons (Fsp3) is 0.824. The second kappa shape index (κ2) is 9.49. The first-order valence-electron chi connectivity index (χ1n) is 8.31. The molecule has 0 radical (unpaired) electrons. The molecular weight excluding hydrogens is 312 g/mol. The first kappa shape index (κ1) is 22.2. The highest BCUT2D eigenvalue weighted by molar-refractivity contribution is 5.88. The van der Waals surface area contributed by atoms with Gasteiger partial charge in [0, 0.05) is 5.54 Å². The minimum absolute atomic E-state index is 0.207. The van der Waals surface area contributed by atoms with Crippen molar-refractivity contribution in [1.82, 2.24) is 10.6 Å². The normalized spacial score (nSPS) is 13.0. The van der Waals surface area contributed by atoms with Crippen molar-refractivity contribution >= 4 is 18.0 Å². The average molecular weight is 344 g/mol. The van der Waals surface area contributed by atoms with Crippen molar-refractivity contribution < 1.29 is 23.9 Å². The topological polar surface area (TPSA) is 93.7 Å². The van der Waals surface area contributed by atoms with Crippen LogP contribution in [-0.4, -0.2) is 41.8 Å². The second-order valence-electron chi connectivity index (χ2n) is 7.72. The van der Waals surface area contributed by atoms with Gasteiger partial charge < -0.3 is 20.1 Å². The van der Waals surface area contributed by atoms with Crippen LogP contribution in [0.5, 0.6) is 0 Å². The maximum Gasteiger partial charge on any atom is 0.408 e. The van der Waals surface area contributed by atoms with Gasteiger partial charge in [0.25, 0.3) is 0 Å². The number of hydrogen-bond donors (Lipinski definition) is 2. The van der Waals surface area contributed by atoms with Crippen molar-refractivity contribution in [2.75, 3.05) is 6.61 Å². The minimum atomic E-state index is -1.08. The van der Waals surface area contributed by atoms with E-state index >= 15 is 0 Å². The number of alkyl carbamates (subject to hydrolysis) is 1. The van der Waals surface area contributed by atoms with E-state index in [4.69, 9.17) is 9.47 Å². The first-order chi connectivity index (χ1) is 10.8. The van der Waals surface area contributed by atoms with Crippen LogP contribution in [0.25, 0.3) is 0 Å². The van der Waals surface area contributed by atoms with Gasteiger partial charge in [-0.25, -0.2) is 9.59 Å². The van der Waals surface area contributed by atoms with Crippen LogP contribution in [0.1, 0.15) is 67.7 Å². The Morgan fingerprint density at radius 1 is 1.04 bits per heavy atom. The highest BCUT2D eigenvalue weighted by Gasteiger charge is 2.28. The quantitative estimate of drug-likeness (QED) is 0.547. The smallest absolute Gasteiger partial charge is 0.408 e. The lowest BCUT2D eigenvalue weighted by Crippen LogP contribution is -2.49. The first-order valence-corrected chi connectivity index (χ1v) is 8.31. The summed E-state index contributed by atoms with van der Waals surface area (Å²) in [5.41, 5.74) is -1.13. The molecule has 0 aromatic heterocycles. The summed E-state index contributed by atoms with van der Waals surface area (Å²) in [6.45, 7) is 12.9. The van der Waals surface area contributed by atoms with Gasteiger partial charge in [0.1, 0.15) is 11.6 Å². The van der Waals surface area contributed by atoms with Gasteiger partial charge in [-0.05, 0) is 48.0 Å². The van der Waals surface area contributed by atoms with Gasteiger partial charge in [-0.2, -0.15) is 0 Å². The molecular formula is C17H32N2O5. The van der Waals surface area contributed by atoms with Gasteiger partial charge in [0.15, 0.2) is 0 Å². The van der Waals surface area contributed by atoms with E-state index in [1.807, 2.05) is 27.7 Å². The molecule has 0 rings (SSSR count). The molecule has 0 saturated carbocycles. The van der Waals surface area contributed by atoms with Gasteiger partial charge >= 0.3 is 12.1 Å². The molecule has 0 heterocycles. The van der Waals surface area contributed by atoms with Crippen LogP contribution in [0.3, 0.4) is 0 Å². The average Bonchev–Trinajstić information content (AvgIpc) is 2.33. The van der Waals surface area contributed by atoms with Gasteiger partial charge in [0.05, 0.1) is 13.0 Å². The highest BCUT2D eigenvalue weighted by Crippen LogP contribution is 2.08. The molecule has 0 saturated heterocycles. The maximum absolute atomic E-state index is 12.1. The van der Waals surface area contributed by atoms with Crippen molar-refractivity contribution in [3.05, 3.63) is 0 Å². The molecule has 0 unspecified atom stereocenters. The Bertz CT molecular complexity index is 405. The predicted octanol–water partition coefficient (Wildman–Crippen LogP) is 2.53. The zero-order valence-corrected chi connectivity index (χ0v) is 15.9. The number of carbonyl (C=O) groups excluding carboxylic acids is 3. The van der Waals surface area contributed by atoms with Gasteiger partial charge in [-0.15, -0.1) is 0 Å². The number of esters is 1. The molecule has 0 spiro atoms. The van der Waals surface area contributed by atoms with Crippen molar-refractivity contribution in [2.24, 2.45) is 0 Å². The number of hydrogen-bond acceptors (Lipinski definition) is 5. The minimum Gasteiger partial charge on any atom is -0.464 e. The molecule has 24 heavy (non-hydrogen) atoms. The SMILES string of the molecule is CCCCOC(=O)[C@H](CC(=O)NC(C)(C)C)NC(=O)OC(C)(C)C. The zero-order chi connectivity index (χ0) is 19.0. The van der Waals surface area contributed by atoms with E-state index in [2.05, 4.69) is 10.6 Å². The molecule has 2 amide bonds. The molecule has 0 aliphatic heterocycles. The Hall–Kier alpha value is -1.79. The van der Waals surface area contributed by atoms with E-state index in [1.54, 1.807) is 20.8 Å². The number of amides is 2. The molecule has 0 aliphatic carbocycles. The Balaban J connectivity index is 4.85. The van der Waals surface area contributed by atoms with Crippen LogP contribution in [-0.2, 0) is 19.1 Å². The predicted molar refractivity (Wildman–Crippen MR) is 91.5 cm³/mol. The third-order valence-corrected chi connectivity index (χ3v) is 2.62. The highest BCUT2D eigenvalue weighted by atomic mass is 16.6. The maximum atomic E-state index is 12.1. The van der Waals surface area contributed by atoms with Crippen LogP contribution in [0.2, 0.25) is 0 Å². The summed E-state index contributed by atoms with van der Waals surface area (Å²) in [6.07, 6.45) is 0.631. The number of nitrogens with one attached hydrogen (secondary N) is 2. The van der Waals surface area contributed by atoms with Crippen LogP contribution >= 0.6 is 0 Å². The van der Waals surface area contributed by atoms with Crippen molar-refractivity contribution in [2.45, 2.75) is 84.9 Å². The van der Waals surface area contributed by atoms with E-state index in [9.17, 15) is 14.4 Å². The molecule has 0 aliphatic rings. The summed E-state index contributed by atoms with van der Waals surface area (Å²) >= 11 is 0. The summed E-state index contributed by atoms with van der Waals surface area (Å²) in [5, 5.41) is 5.17. The number of carbonyl (C=O) groups is 3. The van der Waals surface area contributed by atoms with Gasteiger partial charge in [-0.3, -0.25) is 4.79 Å². The van der Waals surface area contributed by atoms with Crippen LogP contribution < -0.4 is 10.6 Å². The summed E-state index contributed by atoms with van der Waals surface area (Å²) in [7, 11) is 0. The number of rotatable bonds is 7. The molecule has 140 valence electrons. The molecule has 0 aromatic carbocycles. The Morgan fingerprint density at radius 3 is 2.08 bits per heavy atom. The lowest BCUT2D eigenvalue weighted by atomic mass is 10.1. The molecule has 0 aromatic rings. The lowest BCUT2D eigenvalue weighted by Gasteiger charge is -2.24. The van der Waals surface area contributed by atoms with Gasteiger partial charge in [-0.1, -0.05) is 13.3 Å². The number of unbranched alkanes of at least 4 members (excludes halogenated alkanes) is 1. The van der Waals surface area contributed by atoms with E-state index in [-0.39, 0.29) is 18.9 Å². The lowest BCUT2D eigenvalue weighted by molar-refractivity contribution is -0.148. The molecule has 7 nitrogen and oxygen atoms in total. The van der Waals surface area contributed by atoms with E-state index in [0.29, 0.717) is 0 Å². The molecule has 2 N–H and O–H groups in total. The molecule has 0 fully saturated rings. The fourth-order valence-electron chi connectivity index (χ4n) is 1.72. The third-order valence-electron chi connectivity index (χ3n) is 2.62. The Morgan fingerprint density at radius 2 is 1.62 bits per heavy atom. The van der Waals surface area contributed by atoms with Crippen LogP contribution in [0.4, 0.5) is 4.79 Å². The molecule has 7 heteroatoms. The largest absolute Gasteiger partial charge is 0.464 e. The monoisotopic (exact) mass is 344 g/mol. The standard InChI is InChI=1S/C17H32N2O5/c1-8-9-10-23-14(21)12(11-13(20)19-16(2,3)4)18-15(22)24-17(5,6)7/h12H,8-11H2,1-7H3,(H,18,22)(H,19,20)/t12-/m0/s1.